The molecule has 0 spiro atoms. The third-order valence-corrected chi connectivity index (χ3v) is 2.91. The highest BCUT2D eigenvalue weighted by atomic mass is 35.5. The lowest BCUT2D eigenvalue weighted by molar-refractivity contribution is -0.384. The Morgan fingerprint density at radius 3 is 2.74 bits per heavy atom. The summed E-state index contributed by atoms with van der Waals surface area (Å²) >= 11 is 6.12. The van der Waals surface area contributed by atoms with Gasteiger partial charge in [-0.1, -0.05) is 37.6 Å². The molecule has 0 radical (unpaired) electrons. The molecule has 6 heteroatoms. The number of rotatable bonds is 4. The van der Waals surface area contributed by atoms with E-state index in [1.54, 1.807) is 24.3 Å². The predicted molar refractivity (Wildman–Crippen MR) is 73.8 cm³/mol. The van der Waals surface area contributed by atoms with Crippen molar-refractivity contribution in [2.75, 3.05) is 0 Å². The number of hydrogen-bond acceptors (Lipinski definition) is 3. The maximum absolute atomic E-state index is 11.0. The molecule has 2 rings (SSSR count). The van der Waals surface area contributed by atoms with E-state index in [1.165, 1.54) is 10.7 Å². The Bertz CT molecular complexity index is 608. The van der Waals surface area contributed by atoms with Gasteiger partial charge in [-0.15, -0.1) is 0 Å². The van der Waals surface area contributed by atoms with Gasteiger partial charge in [0.15, 0.2) is 0 Å². The summed E-state index contributed by atoms with van der Waals surface area (Å²) in [6.07, 6.45) is 0.785. The van der Waals surface area contributed by atoms with Crippen LogP contribution in [0.4, 0.5) is 5.69 Å². The number of nitro groups is 1. The predicted octanol–water partition coefficient (Wildman–Crippen LogP) is 3.63. The molecule has 1 aromatic carbocycles. The number of aromatic nitrogens is 2. The van der Waals surface area contributed by atoms with Crippen molar-refractivity contribution in [2.24, 2.45) is 5.92 Å². The first-order valence-electron chi connectivity index (χ1n) is 5.97. The minimum atomic E-state index is -0.435. The minimum absolute atomic E-state index is 0.0106. The molecule has 5 nitrogen and oxygen atoms in total. The summed E-state index contributed by atoms with van der Waals surface area (Å²) in [5.41, 5.74) is 1.20. The first-order valence-corrected chi connectivity index (χ1v) is 6.35. The van der Waals surface area contributed by atoms with Gasteiger partial charge in [0.05, 0.1) is 10.6 Å². The van der Waals surface area contributed by atoms with Crippen LogP contribution in [0.3, 0.4) is 0 Å². The molecule has 0 saturated heterocycles. The number of halogens is 1. The van der Waals surface area contributed by atoms with Crippen LogP contribution in [-0.4, -0.2) is 14.7 Å². The normalized spacial score (nSPS) is 10.9. The van der Waals surface area contributed by atoms with Crippen molar-refractivity contribution in [1.29, 1.82) is 0 Å². The number of hydrogen-bond donors (Lipinski definition) is 0. The van der Waals surface area contributed by atoms with E-state index in [2.05, 4.69) is 18.9 Å². The first-order chi connectivity index (χ1) is 8.99. The quantitative estimate of drug-likeness (QED) is 0.634. The molecule has 19 heavy (non-hydrogen) atoms. The second-order valence-electron chi connectivity index (χ2n) is 4.71. The van der Waals surface area contributed by atoms with Crippen LogP contribution >= 0.6 is 11.6 Å². The molecule has 0 atom stereocenters. The smallest absolute Gasteiger partial charge is 0.258 e. The van der Waals surface area contributed by atoms with Crippen LogP contribution in [0, 0.1) is 16.0 Å². The second kappa shape index (κ2) is 5.40. The van der Waals surface area contributed by atoms with E-state index >= 15 is 0 Å². The summed E-state index contributed by atoms with van der Waals surface area (Å²) < 4.78 is 1.41. The van der Waals surface area contributed by atoms with Gasteiger partial charge in [-0.25, -0.2) is 4.68 Å². The van der Waals surface area contributed by atoms with Crippen LogP contribution in [0.1, 0.15) is 19.5 Å². The van der Waals surface area contributed by atoms with Crippen LogP contribution in [-0.2, 0) is 6.42 Å². The molecule has 0 aliphatic heterocycles. The SMILES string of the molecule is CC(C)Cc1cc(Cl)n(-c2ccccc2[N+](=O)[O-])n1. The molecule has 0 bridgehead atoms. The van der Waals surface area contributed by atoms with Gasteiger partial charge >= 0.3 is 0 Å². The molecule has 0 unspecified atom stereocenters. The van der Waals surface area contributed by atoms with E-state index < -0.39 is 4.92 Å². The van der Waals surface area contributed by atoms with Crippen molar-refractivity contribution < 1.29 is 4.92 Å². The standard InChI is InChI=1S/C13H14ClN3O2/c1-9(2)7-10-8-13(14)16(15-10)11-5-3-4-6-12(11)17(18)19/h3-6,8-9H,7H2,1-2H3. The van der Waals surface area contributed by atoms with E-state index in [9.17, 15) is 10.1 Å². The summed E-state index contributed by atoms with van der Waals surface area (Å²) in [4.78, 5) is 10.6. The topological polar surface area (TPSA) is 61.0 Å². The van der Waals surface area contributed by atoms with E-state index in [4.69, 9.17) is 11.6 Å². The maximum atomic E-state index is 11.0. The van der Waals surface area contributed by atoms with Crippen molar-refractivity contribution in [2.45, 2.75) is 20.3 Å². The van der Waals surface area contributed by atoms with Gasteiger partial charge in [-0.05, 0) is 24.5 Å². The molecule has 2 aromatic rings. The van der Waals surface area contributed by atoms with Gasteiger partial charge in [0.2, 0.25) is 0 Å². The molecular weight excluding hydrogens is 266 g/mol. The summed E-state index contributed by atoms with van der Waals surface area (Å²) in [6, 6.07) is 8.17. The molecule has 0 fully saturated rings. The number of nitro benzene ring substituents is 1. The van der Waals surface area contributed by atoms with Crippen molar-refractivity contribution in [3.63, 3.8) is 0 Å². The van der Waals surface area contributed by atoms with Crippen LogP contribution in [0.25, 0.3) is 5.69 Å². The molecule has 1 heterocycles. The third kappa shape index (κ3) is 2.93. The van der Waals surface area contributed by atoms with Gasteiger partial charge in [0.1, 0.15) is 10.8 Å². The third-order valence-electron chi connectivity index (χ3n) is 2.64. The van der Waals surface area contributed by atoms with Gasteiger partial charge in [0, 0.05) is 6.07 Å². The molecule has 0 amide bonds. The zero-order valence-corrected chi connectivity index (χ0v) is 11.5. The molecule has 0 saturated carbocycles. The van der Waals surface area contributed by atoms with Crippen molar-refractivity contribution in [3.05, 3.63) is 51.3 Å². The lowest BCUT2D eigenvalue weighted by Gasteiger charge is -2.04. The fraction of sp³-hybridized carbons (Fsp3) is 0.308. The van der Waals surface area contributed by atoms with Gasteiger partial charge in [-0.2, -0.15) is 5.10 Å². The van der Waals surface area contributed by atoms with E-state index in [1.807, 2.05) is 0 Å². The van der Waals surface area contributed by atoms with Gasteiger partial charge in [0.25, 0.3) is 5.69 Å². The molecular formula is C13H14ClN3O2. The average Bonchev–Trinajstić information content (AvgIpc) is 2.69. The Balaban J connectivity index is 2.47. The Labute approximate surface area is 116 Å². The summed E-state index contributed by atoms with van der Waals surface area (Å²) in [6.45, 7) is 4.16. The molecule has 100 valence electrons. The molecule has 0 aliphatic rings. The van der Waals surface area contributed by atoms with Crippen molar-refractivity contribution >= 4 is 17.3 Å². The summed E-state index contributed by atoms with van der Waals surface area (Å²) in [5.74, 6) is 0.449. The summed E-state index contributed by atoms with van der Waals surface area (Å²) in [5, 5.41) is 15.7. The highest BCUT2D eigenvalue weighted by molar-refractivity contribution is 6.29. The number of benzene rings is 1. The zero-order valence-electron chi connectivity index (χ0n) is 10.7. The maximum Gasteiger partial charge on any atom is 0.294 e. The lowest BCUT2D eigenvalue weighted by Crippen LogP contribution is -2.03. The minimum Gasteiger partial charge on any atom is -0.258 e. The average molecular weight is 280 g/mol. The Kier molecular flexibility index (Phi) is 3.85. The van der Waals surface area contributed by atoms with Crippen LogP contribution in [0.5, 0.6) is 0 Å². The molecule has 0 aliphatic carbocycles. The number of para-hydroxylation sites is 2. The Morgan fingerprint density at radius 1 is 1.42 bits per heavy atom. The first kappa shape index (κ1) is 13.5. The largest absolute Gasteiger partial charge is 0.294 e. The van der Waals surface area contributed by atoms with Crippen molar-refractivity contribution in [1.82, 2.24) is 9.78 Å². The van der Waals surface area contributed by atoms with E-state index in [-0.39, 0.29) is 5.69 Å². The van der Waals surface area contributed by atoms with Crippen LogP contribution in [0.15, 0.2) is 30.3 Å². The molecule has 1 aromatic heterocycles. The fourth-order valence-corrected chi connectivity index (χ4v) is 2.14. The Hall–Kier alpha value is -1.88. The second-order valence-corrected chi connectivity index (χ2v) is 5.10. The lowest BCUT2D eigenvalue weighted by atomic mass is 10.1. The highest BCUT2D eigenvalue weighted by Crippen LogP contribution is 2.26. The van der Waals surface area contributed by atoms with E-state index in [0.29, 0.717) is 16.8 Å². The fourth-order valence-electron chi connectivity index (χ4n) is 1.89. The molecule has 0 N–H and O–H groups in total. The van der Waals surface area contributed by atoms with Gasteiger partial charge in [-0.3, -0.25) is 10.1 Å². The van der Waals surface area contributed by atoms with Crippen molar-refractivity contribution in [3.8, 4) is 5.69 Å². The monoisotopic (exact) mass is 279 g/mol. The van der Waals surface area contributed by atoms with Crippen LogP contribution < -0.4 is 0 Å². The number of nitrogens with zero attached hydrogens (tertiary/aromatic N) is 3. The zero-order chi connectivity index (χ0) is 14.0. The van der Waals surface area contributed by atoms with Gasteiger partial charge < -0.3 is 0 Å². The summed E-state index contributed by atoms with van der Waals surface area (Å²) in [7, 11) is 0. The van der Waals surface area contributed by atoms with E-state index in [0.717, 1.165) is 12.1 Å². The highest BCUT2D eigenvalue weighted by Gasteiger charge is 2.18. The van der Waals surface area contributed by atoms with Crippen LogP contribution in [0.2, 0.25) is 5.15 Å². The Morgan fingerprint density at radius 2 is 2.11 bits per heavy atom.